The van der Waals surface area contributed by atoms with Crippen molar-refractivity contribution in [3.8, 4) is 34.5 Å². The van der Waals surface area contributed by atoms with Gasteiger partial charge in [0.1, 0.15) is 0 Å². The van der Waals surface area contributed by atoms with E-state index < -0.39 is 31.5 Å². The number of ether oxygens (including phenoxy) is 3. The first-order valence-corrected chi connectivity index (χ1v) is 13.6. The normalized spacial score (nSPS) is 14.8. The molecule has 0 aromatic heterocycles. The summed E-state index contributed by atoms with van der Waals surface area (Å²) in [5.41, 5.74) is 0. The predicted octanol–water partition coefficient (Wildman–Crippen LogP) is 2.46. The molecular weight excluding hydrogens is 486 g/mol. The van der Waals surface area contributed by atoms with Crippen LogP contribution in [0.1, 0.15) is 0 Å². The van der Waals surface area contributed by atoms with Gasteiger partial charge in [0.05, 0.1) is 0 Å². The number of hydrogen-bond donors (Lipinski definition) is 0. The van der Waals surface area contributed by atoms with Crippen molar-refractivity contribution in [2.24, 2.45) is 0 Å². The van der Waals surface area contributed by atoms with Crippen LogP contribution in [0, 0.1) is 0 Å². The maximum absolute atomic E-state index is 6.51. The monoisotopic (exact) mass is 502 g/mol. The van der Waals surface area contributed by atoms with Gasteiger partial charge in [0, 0.05) is 0 Å². The van der Waals surface area contributed by atoms with Crippen LogP contribution < -0.4 is 31.6 Å². The molecule has 4 aromatic carbocycles. The Labute approximate surface area is 182 Å². The molecule has 140 valence electrons. The van der Waals surface area contributed by atoms with Gasteiger partial charge in [0.2, 0.25) is 0 Å². The van der Waals surface area contributed by atoms with Gasteiger partial charge in [-0.25, -0.2) is 0 Å². The predicted molar refractivity (Wildman–Crippen MR) is 119 cm³/mol. The van der Waals surface area contributed by atoms with Gasteiger partial charge >= 0.3 is 183 Å². The molecule has 0 saturated carbocycles. The molecule has 2 unspecified atom stereocenters. The van der Waals surface area contributed by atoms with Crippen molar-refractivity contribution >= 4 is 48.9 Å². The van der Waals surface area contributed by atoms with E-state index in [1.54, 1.807) is 0 Å². The third kappa shape index (κ3) is 3.06. The topological polar surface area (TPSA) is 27.7 Å². The summed E-state index contributed by atoms with van der Waals surface area (Å²) in [4.78, 5) is 0. The van der Waals surface area contributed by atoms with Gasteiger partial charge in [-0.2, -0.15) is 0 Å². The van der Waals surface area contributed by atoms with Gasteiger partial charge < -0.3 is 0 Å². The Morgan fingerprint density at radius 1 is 0.483 bits per heavy atom. The fourth-order valence-electron chi connectivity index (χ4n) is 3.55. The van der Waals surface area contributed by atoms with Crippen LogP contribution in [-0.4, -0.2) is 31.5 Å². The molecule has 29 heavy (non-hydrogen) atoms. The molecule has 0 spiro atoms. The Morgan fingerprint density at radius 2 is 0.931 bits per heavy atom. The summed E-state index contributed by atoms with van der Waals surface area (Å²) in [6.07, 6.45) is 0. The van der Waals surface area contributed by atoms with E-state index in [-0.39, 0.29) is 0 Å². The molecule has 2 heterocycles. The van der Waals surface area contributed by atoms with Crippen molar-refractivity contribution in [2.75, 3.05) is 0 Å². The average molecular weight is 502 g/mol. The molecular formula is C24H16As2O3. The summed E-state index contributed by atoms with van der Waals surface area (Å²) >= 11 is -1.06. The third-order valence-corrected chi connectivity index (χ3v) is 10.9. The summed E-state index contributed by atoms with van der Waals surface area (Å²) in [7, 11) is 0. The van der Waals surface area contributed by atoms with Crippen LogP contribution in [0.4, 0.5) is 0 Å². The van der Waals surface area contributed by atoms with Gasteiger partial charge in [-0.1, -0.05) is 0 Å². The number of hydrogen-bond acceptors (Lipinski definition) is 3. The SMILES string of the molecule is c1ccc2c(c1)Oc1cccc(Oc3cccc4c3[AsH]c3ccccc3O4)c1[AsH]2. The molecule has 4 aromatic rings. The first-order chi connectivity index (χ1) is 14.3. The van der Waals surface area contributed by atoms with Crippen LogP contribution in [0.15, 0.2) is 84.9 Å². The second kappa shape index (κ2) is 7.02. The van der Waals surface area contributed by atoms with Crippen LogP contribution in [-0.2, 0) is 0 Å². The molecule has 0 radical (unpaired) electrons. The molecule has 6 rings (SSSR count). The van der Waals surface area contributed by atoms with Crippen LogP contribution in [0.2, 0.25) is 0 Å². The minimum absolute atomic E-state index is 0.530. The van der Waals surface area contributed by atoms with E-state index in [1.165, 1.54) is 17.4 Å². The molecule has 2 aliphatic rings. The molecule has 2 atom stereocenters. The molecule has 0 fully saturated rings. The van der Waals surface area contributed by atoms with E-state index in [4.69, 9.17) is 14.2 Å². The van der Waals surface area contributed by atoms with Crippen molar-refractivity contribution in [1.82, 2.24) is 0 Å². The zero-order valence-corrected chi connectivity index (χ0v) is 19.5. The van der Waals surface area contributed by atoms with Gasteiger partial charge in [-0.05, 0) is 0 Å². The third-order valence-electron chi connectivity index (χ3n) is 4.93. The Hall–Kier alpha value is -2.60. The molecule has 0 saturated heterocycles. The molecule has 5 heteroatoms. The Bertz CT molecular complexity index is 1160. The zero-order valence-electron chi connectivity index (χ0n) is 15.3. The molecule has 0 aliphatic carbocycles. The van der Waals surface area contributed by atoms with E-state index in [0.29, 0.717) is 0 Å². The number of rotatable bonds is 2. The molecule has 0 N–H and O–H groups in total. The number of benzene rings is 4. The van der Waals surface area contributed by atoms with Gasteiger partial charge in [0.15, 0.2) is 0 Å². The first-order valence-electron chi connectivity index (χ1n) is 9.37. The fraction of sp³-hybridized carbons (Fsp3) is 0. The minimum atomic E-state index is -0.530. The quantitative estimate of drug-likeness (QED) is 0.341. The average Bonchev–Trinajstić information content (AvgIpc) is 2.77. The standard InChI is InChI=1S/C24H16As2O3/c1-3-9-17-15(7-1)25-23-19(27-17)11-5-13-21(23)29-22-14-6-12-20-24(22)26-16-8-2-4-10-18(16)28-20/h1-14,25-26H. The summed E-state index contributed by atoms with van der Waals surface area (Å²) in [6, 6.07) is 28.8. The Balaban J connectivity index is 1.38. The maximum atomic E-state index is 6.51. The van der Waals surface area contributed by atoms with Gasteiger partial charge in [0.25, 0.3) is 0 Å². The fourth-order valence-corrected chi connectivity index (χ4v) is 8.68. The van der Waals surface area contributed by atoms with Gasteiger partial charge in [-0.15, -0.1) is 0 Å². The van der Waals surface area contributed by atoms with E-state index >= 15 is 0 Å². The Morgan fingerprint density at radius 3 is 1.45 bits per heavy atom. The molecule has 0 bridgehead atoms. The van der Waals surface area contributed by atoms with Crippen molar-refractivity contribution in [3.05, 3.63) is 84.9 Å². The van der Waals surface area contributed by atoms with Crippen molar-refractivity contribution < 1.29 is 14.2 Å². The second-order valence-corrected chi connectivity index (χ2v) is 12.2. The van der Waals surface area contributed by atoms with Crippen LogP contribution >= 0.6 is 0 Å². The first kappa shape index (κ1) is 17.3. The summed E-state index contributed by atoms with van der Waals surface area (Å²) in [5.74, 6) is 5.59. The summed E-state index contributed by atoms with van der Waals surface area (Å²) in [6.45, 7) is 0. The van der Waals surface area contributed by atoms with Crippen molar-refractivity contribution in [2.45, 2.75) is 0 Å². The van der Waals surface area contributed by atoms with Crippen LogP contribution in [0.5, 0.6) is 34.5 Å². The number of para-hydroxylation sites is 2. The van der Waals surface area contributed by atoms with Crippen LogP contribution in [0.25, 0.3) is 0 Å². The van der Waals surface area contributed by atoms with Crippen molar-refractivity contribution in [3.63, 3.8) is 0 Å². The molecule has 0 amide bonds. The van der Waals surface area contributed by atoms with E-state index in [0.717, 1.165) is 34.5 Å². The van der Waals surface area contributed by atoms with E-state index in [2.05, 4.69) is 36.4 Å². The van der Waals surface area contributed by atoms with Crippen LogP contribution in [0.3, 0.4) is 0 Å². The van der Waals surface area contributed by atoms with Gasteiger partial charge in [-0.3, -0.25) is 0 Å². The second-order valence-electron chi connectivity index (χ2n) is 6.81. The number of fused-ring (bicyclic) bond motifs is 4. The summed E-state index contributed by atoms with van der Waals surface area (Å²) < 4.78 is 23.8. The van der Waals surface area contributed by atoms with E-state index in [9.17, 15) is 0 Å². The molecule has 3 nitrogen and oxygen atoms in total. The summed E-state index contributed by atoms with van der Waals surface area (Å²) in [5, 5.41) is 0. The van der Waals surface area contributed by atoms with Crippen molar-refractivity contribution in [1.29, 1.82) is 0 Å². The molecule has 2 aliphatic heterocycles. The van der Waals surface area contributed by atoms with E-state index in [1.807, 2.05) is 48.5 Å². The Kier molecular flexibility index (Phi) is 4.18. The zero-order chi connectivity index (χ0) is 19.2.